The number of nitrogens with one attached hydrogen (secondary N) is 1. The molecule has 3 N–H and O–H groups in total. The smallest absolute Gasteiger partial charge is 0.416 e. The lowest BCUT2D eigenvalue weighted by molar-refractivity contribution is -0.137. The third-order valence-corrected chi connectivity index (χ3v) is 8.06. The number of nitrogens with zero attached hydrogens (tertiary/aromatic N) is 7. The molecule has 0 radical (unpaired) electrons. The van der Waals surface area contributed by atoms with Crippen molar-refractivity contribution < 1.29 is 27.4 Å². The lowest BCUT2D eigenvalue weighted by Gasteiger charge is -2.37. The number of carbonyl (C=O) groups excluding carboxylic acids is 1. The standard InChI is InChI=1S/C31H31ClF3N9O3/c1-4-46-22-9-19(30(45)40-25-10-20(7-8-37-25)31(33,34)35)5-6-21(22)26-27-28(36)38-12-24(32)44(27)29(41-26)23-15-43(17(2)16-47-23)14-18-11-39-42(3)13-18/h5-13,17,23H,4,14-16H2,1-3H3,(H2,36,38)(H,37,40,45)/t17-,23+/m0/s1. The third-order valence-electron chi connectivity index (χ3n) is 7.79. The molecular formula is C31H31ClF3N9O3. The van der Waals surface area contributed by atoms with Crippen LogP contribution in [0.4, 0.5) is 24.8 Å². The number of ether oxygens (including phenoxy) is 2. The average Bonchev–Trinajstić information content (AvgIpc) is 3.64. The second-order valence-electron chi connectivity index (χ2n) is 11.1. The summed E-state index contributed by atoms with van der Waals surface area (Å²) in [7, 11) is 1.87. The molecule has 6 rings (SSSR count). The molecule has 5 heterocycles. The van der Waals surface area contributed by atoms with E-state index in [0.717, 1.165) is 23.9 Å². The van der Waals surface area contributed by atoms with Crippen molar-refractivity contribution in [2.24, 2.45) is 7.05 Å². The molecule has 0 saturated carbocycles. The van der Waals surface area contributed by atoms with Gasteiger partial charge in [0.05, 0.1) is 31.2 Å². The van der Waals surface area contributed by atoms with Crippen molar-refractivity contribution in [1.29, 1.82) is 0 Å². The highest BCUT2D eigenvalue weighted by Gasteiger charge is 2.33. The number of anilines is 2. The van der Waals surface area contributed by atoms with Gasteiger partial charge in [-0.2, -0.15) is 18.3 Å². The number of nitrogen functional groups attached to an aromatic ring is 1. The maximum absolute atomic E-state index is 13.2. The molecule has 12 nitrogen and oxygen atoms in total. The Morgan fingerprint density at radius 1 is 1.21 bits per heavy atom. The van der Waals surface area contributed by atoms with Crippen LogP contribution in [0.1, 0.15) is 47.3 Å². The van der Waals surface area contributed by atoms with Crippen LogP contribution in [0, 0.1) is 0 Å². The normalized spacial score (nSPS) is 17.3. The van der Waals surface area contributed by atoms with E-state index in [0.29, 0.717) is 48.0 Å². The van der Waals surface area contributed by atoms with Crippen molar-refractivity contribution in [2.75, 3.05) is 30.8 Å². The molecule has 1 aliphatic rings. The van der Waals surface area contributed by atoms with Gasteiger partial charge in [0.1, 0.15) is 45.7 Å². The number of pyridine rings is 1. The van der Waals surface area contributed by atoms with Gasteiger partial charge in [-0.1, -0.05) is 11.6 Å². The van der Waals surface area contributed by atoms with Crippen molar-refractivity contribution in [3.05, 3.63) is 82.8 Å². The van der Waals surface area contributed by atoms with Crippen molar-refractivity contribution in [3.63, 3.8) is 0 Å². The Balaban J connectivity index is 1.36. The van der Waals surface area contributed by atoms with Crippen molar-refractivity contribution >= 4 is 34.7 Å². The van der Waals surface area contributed by atoms with Crippen molar-refractivity contribution in [2.45, 2.75) is 38.7 Å². The molecule has 4 aromatic heterocycles. The second-order valence-corrected chi connectivity index (χ2v) is 11.5. The highest BCUT2D eigenvalue weighted by molar-refractivity contribution is 6.30. The van der Waals surface area contributed by atoms with Gasteiger partial charge in [-0.05, 0) is 44.2 Å². The SMILES string of the molecule is CCOc1cc(C(=O)Nc2cc(C(F)(F)F)ccn2)ccc1-c1nc([C@H]2CN(Cc3cnn(C)c3)[C@@H](C)CO2)n2c(Cl)cnc(N)c12. The van der Waals surface area contributed by atoms with Gasteiger partial charge in [-0.25, -0.2) is 15.0 Å². The molecular weight excluding hydrogens is 639 g/mol. The van der Waals surface area contributed by atoms with E-state index in [1.807, 2.05) is 19.4 Å². The monoisotopic (exact) mass is 669 g/mol. The molecule has 0 spiro atoms. The summed E-state index contributed by atoms with van der Waals surface area (Å²) in [5.74, 6) is 0.0443. The summed E-state index contributed by atoms with van der Waals surface area (Å²) in [6.07, 6.45) is 1.15. The molecule has 0 bridgehead atoms. The van der Waals surface area contributed by atoms with Gasteiger partial charge < -0.3 is 20.5 Å². The van der Waals surface area contributed by atoms with E-state index in [-0.39, 0.29) is 35.0 Å². The Hall–Kier alpha value is -4.73. The molecule has 2 atom stereocenters. The molecule has 5 aromatic rings. The molecule has 16 heteroatoms. The number of aromatic nitrogens is 6. The topological polar surface area (TPSA) is 138 Å². The number of aryl methyl sites for hydroxylation is 1. The fourth-order valence-electron chi connectivity index (χ4n) is 5.50. The summed E-state index contributed by atoms with van der Waals surface area (Å²) in [6.45, 7) is 5.73. The van der Waals surface area contributed by atoms with Crippen LogP contribution in [-0.2, 0) is 24.5 Å². The Morgan fingerprint density at radius 3 is 2.74 bits per heavy atom. The van der Waals surface area contributed by atoms with Crippen LogP contribution in [0.2, 0.25) is 5.15 Å². The number of hydrogen-bond donors (Lipinski definition) is 2. The number of amides is 1. The number of morpholine rings is 1. The van der Waals surface area contributed by atoms with Crippen LogP contribution < -0.4 is 15.8 Å². The number of carbonyl (C=O) groups is 1. The van der Waals surface area contributed by atoms with Gasteiger partial charge >= 0.3 is 6.18 Å². The average molecular weight is 670 g/mol. The van der Waals surface area contributed by atoms with Crippen LogP contribution in [0.15, 0.2) is 55.1 Å². The number of nitrogens with two attached hydrogens (primary N) is 1. The van der Waals surface area contributed by atoms with Gasteiger partial charge in [-0.15, -0.1) is 0 Å². The van der Waals surface area contributed by atoms with Gasteiger partial charge in [0.15, 0.2) is 0 Å². The number of hydrogen-bond acceptors (Lipinski definition) is 9. The summed E-state index contributed by atoms with van der Waals surface area (Å²) in [4.78, 5) is 28.5. The minimum atomic E-state index is -4.59. The van der Waals surface area contributed by atoms with E-state index in [1.165, 1.54) is 18.3 Å². The number of benzene rings is 1. The summed E-state index contributed by atoms with van der Waals surface area (Å²) >= 11 is 6.70. The fourth-order valence-corrected chi connectivity index (χ4v) is 5.72. The zero-order valence-electron chi connectivity index (χ0n) is 25.6. The summed E-state index contributed by atoms with van der Waals surface area (Å²) in [5, 5.41) is 6.97. The van der Waals surface area contributed by atoms with E-state index >= 15 is 0 Å². The first-order chi connectivity index (χ1) is 22.4. The molecule has 47 heavy (non-hydrogen) atoms. The van der Waals surface area contributed by atoms with E-state index in [4.69, 9.17) is 31.8 Å². The third kappa shape index (κ3) is 6.59. The van der Waals surface area contributed by atoms with Gasteiger partial charge in [0, 0.05) is 55.3 Å². The lowest BCUT2D eigenvalue weighted by atomic mass is 10.1. The molecule has 0 aliphatic carbocycles. The number of halogens is 4. The van der Waals surface area contributed by atoms with Gasteiger partial charge in [0.25, 0.3) is 5.91 Å². The second kappa shape index (κ2) is 12.8. The minimum absolute atomic E-state index is 0.125. The van der Waals surface area contributed by atoms with Gasteiger partial charge in [0.2, 0.25) is 0 Å². The Kier molecular flexibility index (Phi) is 8.78. The quantitative estimate of drug-likeness (QED) is 0.223. The van der Waals surface area contributed by atoms with E-state index in [1.54, 1.807) is 22.1 Å². The first-order valence-electron chi connectivity index (χ1n) is 14.7. The van der Waals surface area contributed by atoms with Crippen LogP contribution in [-0.4, -0.2) is 65.7 Å². The van der Waals surface area contributed by atoms with Gasteiger partial charge in [-0.3, -0.25) is 18.8 Å². The van der Waals surface area contributed by atoms with Crippen LogP contribution >= 0.6 is 11.6 Å². The molecule has 1 aliphatic heterocycles. The number of alkyl halides is 3. The largest absolute Gasteiger partial charge is 0.493 e. The molecule has 246 valence electrons. The van der Waals surface area contributed by atoms with Crippen molar-refractivity contribution in [3.8, 4) is 17.0 Å². The summed E-state index contributed by atoms with van der Waals surface area (Å²) in [5.41, 5.74) is 8.00. The number of fused-ring (bicyclic) bond motifs is 1. The lowest BCUT2D eigenvalue weighted by Crippen LogP contribution is -2.44. The number of imidazole rings is 1. The highest BCUT2D eigenvalue weighted by Crippen LogP contribution is 2.39. The van der Waals surface area contributed by atoms with E-state index < -0.39 is 23.8 Å². The Morgan fingerprint density at radius 2 is 2.02 bits per heavy atom. The molecule has 1 fully saturated rings. The zero-order valence-corrected chi connectivity index (χ0v) is 26.4. The predicted octanol–water partition coefficient (Wildman–Crippen LogP) is 5.39. The van der Waals surface area contributed by atoms with Crippen LogP contribution in [0.5, 0.6) is 5.75 Å². The molecule has 1 aromatic carbocycles. The maximum atomic E-state index is 13.2. The highest BCUT2D eigenvalue weighted by atomic mass is 35.5. The van der Waals surface area contributed by atoms with E-state index in [2.05, 4.69) is 32.2 Å². The first kappa shape index (κ1) is 32.2. The predicted molar refractivity (Wildman–Crippen MR) is 168 cm³/mol. The summed E-state index contributed by atoms with van der Waals surface area (Å²) in [6, 6.07) is 6.34. The number of rotatable bonds is 8. The Bertz CT molecular complexity index is 1940. The van der Waals surface area contributed by atoms with Crippen LogP contribution in [0.3, 0.4) is 0 Å². The maximum Gasteiger partial charge on any atom is 0.416 e. The zero-order chi connectivity index (χ0) is 33.5. The summed E-state index contributed by atoms with van der Waals surface area (Å²) < 4.78 is 55.2. The molecule has 0 unspecified atom stereocenters. The van der Waals surface area contributed by atoms with Crippen LogP contribution in [0.25, 0.3) is 16.8 Å². The van der Waals surface area contributed by atoms with Crippen molar-refractivity contribution in [1.82, 2.24) is 34.0 Å². The van der Waals surface area contributed by atoms with E-state index in [9.17, 15) is 18.0 Å². The minimum Gasteiger partial charge on any atom is -0.493 e. The first-order valence-corrected chi connectivity index (χ1v) is 15.1. The Labute approximate surface area is 272 Å². The fraction of sp³-hybridized carbons (Fsp3) is 0.323. The molecule has 1 saturated heterocycles. The molecule has 1 amide bonds.